The van der Waals surface area contributed by atoms with Crippen LogP contribution in [0.4, 0.5) is 4.39 Å². The van der Waals surface area contributed by atoms with Crippen LogP contribution in [-0.4, -0.2) is 23.8 Å². The molecule has 0 saturated heterocycles. The molecule has 6 heteroatoms. The van der Waals surface area contributed by atoms with E-state index in [9.17, 15) is 4.39 Å². The summed E-state index contributed by atoms with van der Waals surface area (Å²) in [7, 11) is -1.39. The van der Waals surface area contributed by atoms with Gasteiger partial charge < -0.3 is 19.5 Å². The topological polar surface area (TPSA) is 58.9 Å². The predicted octanol–water partition coefficient (Wildman–Crippen LogP) is 1.80. The minimum Gasteiger partial charge on any atom is -0.535 e. The van der Waals surface area contributed by atoms with E-state index in [2.05, 4.69) is 0 Å². The standard InChI is InChI=1S/C14H14BFO4/c16-12-6-13(8-14(7-12)20-15(18)10-17)19-9-11-4-2-1-3-5-11/h1-8,17-18H,9-10H2. The molecule has 0 amide bonds. The molecule has 2 aromatic carbocycles. The van der Waals surface area contributed by atoms with Crippen molar-refractivity contribution in [3.8, 4) is 11.5 Å². The molecule has 2 aromatic rings. The first-order valence-corrected chi connectivity index (χ1v) is 6.10. The predicted molar refractivity (Wildman–Crippen MR) is 72.9 cm³/mol. The molecule has 0 saturated carbocycles. The Hall–Kier alpha value is -2.05. The fraction of sp³-hybridized carbons (Fsp3) is 0.143. The van der Waals surface area contributed by atoms with Crippen LogP contribution in [0, 0.1) is 5.82 Å². The molecule has 0 fully saturated rings. The van der Waals surface area contributed by atoms with Gasteiger partial charge in [-0.1, -0.05) is 30.3 Å². The van der Waals surface area contributed by atoms with E-state index in [4.69, 9.17) is 19.5 Å². The molecule has 0 atom stereocenters. The fourth-order valence-electron chi connectivity index (χ4n) is 1.62. The summed E-state index contributed by atoms with van der Waals surface area (Å²) in [5.74, 6) is -0.167. The zero-order chi connectivity index (χ0) is 14.4. The first-order valence-electron chi connectivity index (χ1n) is 6.10. The molecule has 0 spiro atoms. The molecule has 104 valence electrons. The van der Waals surface area contributed by atoms with Crippen molar-refractivity contribution in [3.63, 3.8) is 0 Å². The number of rotatable bonds is 6. The summed E-state index contributed by atoms with van der Waals surface area (Å²) in [4.78, 5) is 0. The first kappa shape index (κ1) is 14.4. The van der Waals surface area contributed by atoms with Crippen LogP contribution in [0.15, 0.2) is 48.5 Å². The summed E-state index contributed by atoms with van der Waals surface area (Å²) in [6.07, 6.45) is 0. The van der Waals surface area contributed by atoms with Crippen LogP contribution in [0.3, 0.4) is 0 Å². The number of hydrogen-bond acceptors (Lipinski definition) is 4. The van der Waals surface area contributed by atoms with Crippen molar-refractivity contribution < 1.29 is 23.9 Å². The van der Waals surface area contributed by atoms with Crippen LogP contribution in [0.1, 0.15) is 5.56 Å². The molecule has 0 heterocycles. The third-order valence-corrected chi connectivity index (χ3v) is 2.52. The van der Waals surface area contributed by atoms with Crippen LogP contribution in [0.25, 0.3) is 0 Å². The van der Waals surface area contributed by atoms with E-state index in [1.807, 2.05) is 30.3 Å². The lowest BCUT2D eigenvalue weighted by atomic mass is 9.93. The molecule has 0 unspecified atom stereocenters. The van der Waals surface area contributed by atoms with Crippen molar-refractivity contribution in [1.29, 1.82) is 0 Å². The number of benzene rings is 2. The SMILES string of the molecule is OCB(O)Oc1cc(F)cc(OCc2ccccc2)c1. The highest BCUT2D eigenvalue weighted by Gasteiger charge is 2.14. The summed E-state index contributed by atoms with van der Waals surface area (Å²) >= 11 is 0. The molecule has 2 rings (SSSR count). The maximum absolute atomic E-state index is 13.4. The maximum Gasteiger partial charge on any atom is 0.550 e. The van der Waals surface area contributed by atoms with Crippen molar-refractivity contribution in [3.05, 3.63) is 59.9 Å². The smallest absolute Gasteiger partial charge is 0.535 e. The van der Waals surface area contributed by atoms with E-state index in [1.165, 1.54) is 12.1 Å². The lowest BCUT2D eigenvalue weighted by Crippen LogP contribution is -2.26. The van der Waals surface area contributed by atoms with Crippen LogP contribution in [0.2, 0.25) is 0 Å². The maximum atomic E-state index is 13.4. The van der Waals surface area contributed by atoms with Crippen LogP contribution < -0.4 is 9.39 Å². The zero-order valence-corrected chi connectivity index (χ0v) is 10.7. The number of aliphatic hydroxyl groups is 1. The monoisotopic (exact) mass is 276 g/mol. The highest BCUT2D eigenvalue weighted by atomic mass is 19.1. The molecule has 0 radical (unpaired) electrons. The average Bonchev–Trinajstić information content (AvgIpc) is 2.45. The Morgan fingerprint density at radius 2 is 1.75 bits per heavy atom. The highest BCUT2D eigenvalue weighted by molar-refractivity contribution is 6.43. The Kier molecular flexibility index (Phi) is 4.98. The minimum absolute atomic E-state index is 0.0922. The van der Waals surface area contributed by atoms with Crippen LogP contribution in [0.5, 0.6) is 11.5 Å². The fourth-order valence-corrected chi connectivity index (χ4v) is 1.62. The van der Waals surface area contributed by atoms with E-state index in [-0.39, 0.29) is 11.5 Å². The number of hydrogen-bond donors (Lipinski definition) is 2. The first-order chi connectivity index (χ1) is 9.67. The van der Waals surface area contributed by atoms with Gasteiger partial charge in [-0.05, 0) is 5.56 Å². The van der Waals surface area contributed by atoms with Crippen molar-refractivity contribution >= 4 is 7.12 Å². The van der Waals surface area contributed by atoms with Crippen molar-refractivity contribution in [2.45, 2.75) is 6.61 Å². The van der Waals surface area contributed by atoms with E-state index in [1.54, 1.807) is 0 Å². The summed E-state index contributed by atoms with van der Waals surface area (Å²) in [6, 6.07) is 13.2. The van der Waals surface area contributed by atoms with Gasteiger partial charge in [-0.15, -0.1) is 0 Å². The molecule has 0 aromatic heterocycles. The number of halogens is 1. The number of aliphatic hydroxyl groups excluding tert-OH is 1. The normalized spacial score (nSPS) is 10.2. The summed E-state index contributed by atoms with van der Waals surface area (Å²) in [5.41, 5.74) is 0.953. The third kappa shape index (κ3) is 4.26. The van der Waals surface area contributed by atoms with Gasteiger partial charge in [0.2, 0.25) is 0 Å². The van der Waals surface area contributed by atoms with E-state index >= 15 is 0 Å². The summed E-state index contributed by atoms with van der Waals surface area (Å²) in [6.45, 7) is -0.275. The molecule has 0 aliphatic heterocycles. The van der Waals surface area contributed by atoms with Gasteiger partial charge in [-0.3, -0.25) is 0 Å². The summed E-state index contributed by atoms with van der Waals surface area (Å²) < 4.78 is 23.8. The Balaban J connectivity index is 2.04. The quantitative estimate of drug-likeness (QED) is 0.790. The van der Waals surface area contributed by atoms with E-state index < -0.39 is 19.4 Å². The molecule has 20 heavy (non-hydrogen) atoms. The van der Waals surface area contributed by atoms with E-state index in [0.29, 0.717) is 6.61 Å². The van der Waals surface area contributed by atoms with Crippen LogP contribution >= 0.6 is 0 Å². The highest BCUT2D eigenvalue weighted by Crippen LogP contribution is 2.23. The largest absolute Gasteiger partial charge is 0.550 e. The minimum atomic E-state index is -1.39. The zero-order valence-electron chi connectivity index (χ0n) is 10.7. The van der Waals surface area contributed by atoms with Gasteiger partial charge in [0.05, 0.1) is 6.51 Å². The van der Waals surface area contributed by atoms with Crippen LogP contribution in [-0.2, 0) is 6.61 Å². The number of ether oxygens (including phenoxy) is 1. The third-order valence-electron chi connectivity index (χ3n) is 2.52. The second-order valence-corrected chi connectivity index (χ2v) is 4.15. The Morgan fingerprint density at radius 3 is 2.45 bits per heavy atom. The van der Waals surface area contributed by atoms with Gasteiger partial charge in [0, 0.05) is 18.2 Å². The van der Waals surface area contributed by atoms with Gasteiger partial charge in [-0.25, -0.2) is 4.39 Å². The van der Waals surface area contributed by atoms with Crippen molar-refractivity contribution in [1.82, 2.24) is 0 Å². The lowest BCUT2D eigenvalue weighted by Gasteiger charge is -2.11. The second kappa shape index (κ2) is 6.93. The molecule has 2 N–H and O–H groups in total. The Morgan fingerprint density at radius 1 is 1.05 bits per heavy atom. The molecular formula is C14H14BFO4. The Bertz CT molecular complexity index is 550. The average molecular weight is 276 g/mol. The molecule has 0 aliphatic rings. The molecule has 0 bridgehead atoms. The molecule has 0 aliphatic carbocycles. The Labute approximate surface area is 116 Å². The van der Waals surface area contributed by atoms with Gasteiger partial charge in [0.1, 0.15) is 23.9 Å². The molecular weight excluding hydrogens is 262 g/mol. The van der Waals surface area contributed by atoms with Gasteiger partial charge >= 0.3 is 7.12 Å². The second-order valence-electron chi connectivity index (χ2n) is 4.15. The van der Waals surface area contributed by atoms with E-state index in [0.717, 1.165) is 11.6 Å². The lowest BCUT2D eigenvalue weighted by molar-refractivity contribution is 0.291. The molecule has 4 nitrogen and oxygen atoms in total. The van der Waals surface area contributed by atoms with Gasteiger partial charge in [0.25, 0.3) is 0 Å². The summed E-state index contributed by atoms with van der Waals surface area (Å²) in [5, 5.41) is 17.9. The van der Waals surface area contributed by atoms with Gasteiger partial charge in [0.15, 0.2) is 0 Å². The van der Waals surface area contributed by atoms with Crippen molar-refractivity contribution in [2.24, 2.45) is 0 Å². The van der Waals surface area contributed by atoms with Crippen molar-refractivity contribution in [2.75, 3.05) is 6.51 Å². The van der Waals surface area contributed by atoms with Gasteiger partial charge in [-0.2, -0.15) is 0 Å².